The Hall–Kier alpha value is -2.67. The van der Waals surface area contributed by atoms with E-state index in [0.717, 1.165) is 29.3 Å². The van der Waals surface area contributed by atoms with Crippen molar-refractivity contribution >= 4 is 28.7 Å². The molecule has 3 rings (SSSR count). The summed E-state index contributed by atoms with van der Waals surface area (Å²) in [6, 6.07) is 10.7. The van der Waals surface area contributed by atoms with E-state index in [1.54, 1.807) is 24.4 Å². The number of pyridine rings is 1. The van der Waals surface area contributed by atoms with E-state index in [9.17, 15) is 14.4 Å². The molecule has 0 spiro atoms. The van der Waals surface area contributed by atoms with E-state index in [4.69, 9.17) is 4.74 Å². The highest BCUT2D eigenvalue weighted by Gasteiger charge is 2.31. The summed E-state index contributed by atoms with van der Waals surface area (Å²) in [6.45, 7) is 1.94. The molecule has 1 aromatic carbocycles. The van der Waals surface area contributed by atoms with Gasteiger partial charge in [-0.2, -0.15) is 0 Å². The SMILES string of the molecule is CCc1ccc(C(=O)COc2ccc(C[C@H]3SC(=O)NC3=O)cc2)nc1. The van der Waals surface area contributed by atoms with Gasteiger partial charge in [0.05, 0.1) is 5.25 Å². The van der Waals surface area contributed by atoms with Crippen LogP contribution in [0, 0.1) is 0 Å². The Morgan fingerprint density at radius 2 is 1.88 bits per heavy atom. The van der Waals surface area contributed by atoms with Crippen molar-refractivity contribution in [2.45, 2.75) is 25.0 Å². The summed E-state index contributed by atoms with van der Waals surface area (Å²) in [6.07, 6.45) is 3.04. The first-order valence-electron chi connectivity index (χ1n) is 8.26. The lowest BCUT2D eigenvalue weighted by atomic mass is 10.1. The lowest BCUT2D eigenvalue weighted by Gasteiger charge is -2.08. The Morgan fingerprint density at radius 1 is 1.15 bits per heavy atom. The van der Waals surface area contributed by atoms with E-state index >= 15 is 0 Å². The van der Waals surface area contributed by atoms with Crippen LogP contribution in [0.4, 0.5) is 4.79 Å². The molecule has 134 valence electrons. The van der Waals surface area contributed by atoms with E-state index in [1.807, 2.05) is 25.1 Å². The molecular weight excluding hydrogens is 352 g/mol. The lowest BCUT2D eigenvalue weighted by molar-refractivity contribution is -0.118. The van der Waals surface area contributed by atoms with Crippen molar-refractivity contribution < 1.29 is 19.1 Å². The normalized spacial score (nSPS) is 16.4. The van der Waals surface area contributed by atoms with Crippen LogP contribution in [0.1, 0.15) is 28.5 Å². The minimum absolute atomic E-state index is 0.0901. The van der Waals surface area contributed by atoms with Gasteiger partial charge >= 0.3 is 0 Å². The van der Waals surface area contributed by atoms with Gasteiger partial charge in [-0.3, -0.25) is 24.7 Å². The number of nitrogens with one attached hydrogen (secondary N) is 1. The van der Waals surface area contributed by atoms with Gasteiger partial charge in [0.15, 0.2) is 6.61 Å². The number of ether oxygens (including phenoxy) is 1. The lowest BCUT2D eigenvalue weighted by Crippen LogP contribution is -2.25. The Bertz CT molecular complexity index is 818. The zero-order valence-corrected chi connectivity index (χ0v) is 15.0. The molecule has 2 heterocycles. The molecule has 6 nitrogen and oxygen atoms in total. The zero-order chi connectivity index (χ0) is 18.5. The van der Waals surface area contributed by atoms with Crippen LogP contribution < -0.4 is 10.1 Å². The van der Waals surface area contributed by atoms with Crippen molar-refractivity contribution in [1.82, 2.24) is 10.3 Å². The minimum atomic E-state index is -0.395. The summed E-state index contributed by atoms with van der Waals surface area (Å²) >= 11 is 1.00. The number of amides is 2. The Morgan fingerprint density at radius 3 is 2.46 bits per heavy atom. The largest absolute Gasteiger partial charge is 0.485 e. The molecule has 0 radical (unpaired) electrons. The van der Waals surface area contributed by atoms with Crippen molar-refractivity contribution in [1.29, 1.82) is 0 Å². The highest BCUT2D eigenvalue weighted by molar-refractivity contribution is 8.15. The summed E-state index contributed by atoms with van der Waals surface area (Å²) < 4.78 is 5.51. The fourth-order valence-electron chi connectivity index (χ4n) is 2.48. The third kappa shape index (κ3) is 4.49. The van der Waals surface area contributed by atoms with Crippen LogP contribution in [-0.2, 0) is 17.6 Å². The zero-order valence-electron chi connectivity index (χ0n) is 14.2. The molecule has 1 aliphatic rings. The van der Waals surface area contributed by atoms with Crippen molar-refractivity contribution in [3.63, 3.8) is 0 Å². The molecule has 1 aliphatic heterocycles. The topological polar surface area (TPSA) is 85.4 Å². The highest BCUT2D eigenvalue weighted by Crippen LogP contribution is 2.23. The van der Waals surface area contributed by atoms with Gasteiger partial charge in [-0.1, -0.05) is 36.9 Å². The second kappa shape index (κ2) is 8.14. The number of hydrogen-bond acceptors (Lipinski definition) is 6. The standard InChI is InChI=1S/C19H18N2O4S/c1-2-12-5-8-15(20-10-12)16(22)11-25-14-6-3-13(4-7-14)9-17-18(23)21-19(24)26-17/h3-8,10,17H,2,9,11H2,1H3,(H,21,23,24)/t17-/m1/s1. The maximum absolute atomic E-state index is 12.1. The van der Waals surface area contributed by atoms with Gasteiger partial charge < -0.3 is 4.74 Å². The number of imide groups is 1. The number of rotatable bonds is 7. The van der Waals surface area contributed by atoms with Crippen LogP contribution in [0.25, 0.3) is 0 Å². The third-order valence-electron chi connectivity index (χ3n) is 4.00. The average molecular weight is 370 g/mol. The van der Waals surface area contributed by atoms with Crippen LogP contribution in [0.15, 0.2) is 42.6 Å². The second-order valence-electron chi connectivity index (χ2n) is 5.85. The number of ketones is 1. The van der Waals surface area contributed by atoms with Crippen LogP contribution in [0.2, 0.25) is 0 Å². The maximum Gasteiger partial charge on any atom is 0.286 e. The average Bonchev–Trinajstić information content (AvgIpc) is 2.98. The minimum Gasteiger partial charge on any atom is -0.485 e. The molecule has 2 aromatic rings. The summed E-state index contributed by atoms with van der Waals surface area (Å²) in [5.41, 5.74) is 2.38. The molecule has 0 bridgehead atoms. The van der Waals surface area contributed by atoms with Crippen LogP contribution >= 0.6 is 11.8 Å². The predicted molar refractivity (Wildman–Crippen MR) is 98.5 cm³/mol. The van der Waals surface area contributed by atoms with Gasteiger partial charge in [0.2, 0.25) is 11.7 Å². The number of carbonyl (C=O) groups is 3. The van der Waals surface area contributed by atoms with Crippen molar-refractivity contribution in [3.8, 4) is 5.75 Å². The van der Waals surface area contributed by atoms with E-state index < -0.39 is 5.25 Å². The Balaban J connectivity index is 1.53. The predicted octanol–water partition coefficient (Wildman–Crippen LogP) is 2.80. The Labute approximate surface area is 155 Å². The number of carbonyl (C=O) groups excluding carboxylic acids is 3. The number of Topliss-reactive ketones (excluding diaryl/α,β-unsaturated/α-hetero) is 1. The summed E-state index contributed by atoms with van der Waals surface area (Å²) in [7, 11) is 0. The molecule has 1 atom stereocenters. The molecule has 7 heteroatoms. The number of nitrogens with zero attached hydrogens (tertiary/aromatic N) is 1. The second-order valence-corrected chi connectivity index (χ2v) is 7.02. The first kappa shape index (κ1) is 18.1. The molecule has 1 fully saturated rings. The molecule has 0 unspecified atom stereocenters. The van der Waals surface area contributed by atoms with Gasteiger partial charge in [-0.15, -0.1) is 0 Å². The van der Waals surface area contributed by atoms with E-state index in [0.29, 0.717) is 17.9 Å². The molecule has 1 saturated heterocycles. The van der Waals surface area contributed by atoms with Gasteiger partial charge in [0.25, 0.3) is 5.24 Å². The highest BCUT2D eigenvalue weighted by atomic mass is 32.2. The van der Waals surface area contributed by atoms with Crippen LogP contribution in [0.5, 0.6) is 5.75 Å². The first-order valence-corrected chi connectivity index (χ1v) is 9.14. The molecular formula is C19H18N2O4S. The smallest absolute Gasteiger partial charge is 0.286 e. The molecule has 2 amide bonds. The van der Waals surface area contributed by atoms with E-state index in [2.05, 4.69) is 10.3 Å². The van der Waals surface area contributed by atoms with Gasteiger partial charge in [0, 0.05) is 6.20 Å². The van der Waals surface area contributed by atoms with Crippen LogP contribution in [-0.4, -0.2) is 33.8 Å². The first-order chi connectivity index (χ1) is 12.5. The van der Waals surface area contributed by atoms with Gasteiger partial charge in [-0.25, -0.2) is 0 Å². The summed E-state index contributed by atoms with van der Waals surface area (Å²) in [5, 5.41) is 1.57. The van der Waals surface area contributed by atoms with Crippen molar-refractivity contribution in [2.75, 3.05) is 6.61 Å². The monoisotopic (exact) mass is 370 g/mol. The molecule has 1 N–H and O–H groups in total. The van der Waals surface area contributed by atoms with Crippen LogP contribution in [0.3, 0.4) is 0 Å². The third-order valence-corrected chi connectivity index (χ3v) is 4.98. The number of aryl methyl sites for hydroxylation is 1. The van der Waals surface area contributed by atoms with E-state index in [1.165, 1.54) is 0 Å². The molecule has 0 aliphatic carbocycles. The number of aromatic nitrogens is 1. The Kier molecular flexibility index (Phi) is 5.68. The fraction of sp³-hybridized carbons (Fsp3) is 0.263. The van der Waals surface area contributed by atoms with Crippen molar-refractivity contribution in [2.24, 2.45) is 0 Å². The number of hydrogen-bond donors (Lipinski definition) is 1. The molecule has 26 heavy (non-hydrogen) atoms. The summed E-state index contributed by atoms with van der Waals surface area (Å²) in [4.78, 5) is 39.0. The number of benzene rings is 1. The van der Waals surface area contributed by atoms with Gasteiger partial charge in [-0.05, 0) is 42.2 Å². The van der Waals surface area contributed by atoms with E-state index in [-0.39, 0.29) is 23.5 Å². The van der Waals surface area contributed by atoms with Gasteiger partial charge in [0.1, 0.15) is 11.4 Å². The fourth-order valence-corrected chi connectivity index (χ4v) is 3.34. The maximum atomic E-state index is 12.1. The quantitative estimate of drug-likeness (QED) is 0.755. The molecule has 1 aromatic heterocycles. The summed E-state index contributed by atoms with van der Waals surface area (Å²) in [5.74, 6) is 0.119. The van der Waals surface area contributed by atoms with Crippen molar-refractivity contribution in [3.05, 3.63) is 59.4 Å². The molecule has 0 saturated carbocycles. The number of thioether (sulfide) groups is 1.